The summed E-state index contributed by atoms with van der Waals surface area (Å²) < 4.78 is 0. The fourth-order valence-electron chi connectivity index (χ4n) is 1.76. The maximum absolute atomic E-state index is 4.27. The summed E-state index contributed by atoms with van der Waals surface area (Å²) in [6, 6.07) is 6.25. The molecule has 0 bridgehead atoms. The van der Waals surface area contributed by atoms with Crippen LogP contribution in [0.2, 0.25) is 0 Å². The van der Waals surface area contributed by atoms with Crippen LogP contribution in [0.4, 0.5) is 0 Å². The van der Waals surface area contributed by atoms with Gasteiger partial charge in [0.05, 0.1) is 6.54 Å². The van der Waals surface area contributed by atoms with Crippen molar-refractivity contribution in [1.29, 1.82) is 0 Å². The highest BCUT2D eigenvalue weighted by Gasteiger charge is 2.09. The Hall–Kier alpha value is -1.57. The van der Waals surface area contributed by atoms with Gasteiger partial charge in [-0.1, -0.05) is 12.1 Å². The number of nitrogens with zero attached hydrogens (tertiary/aromatic N) is 1. The molecule has 2 nitrogen and oxygen atoms in total. The molecule has 0 atom stereocenters. The molecule has 12 heavy (non-hydrogen) atoms. The van der Waals surface area contributed by atoms with Gasteiger partial charge >= 0.3 is 0 Å². The molecule has 0 spiro atoms. The van der Waals surface area contributed by atoms with Crippen LogP contribution in [0, 0.1) is 0 Å². The summed E-state index contributed by atoms with van der Waals surface area (Å²) in [7, 11) is 0. The molecule has 0 radical (unpaired) electrons. The van der Waals surface area contributed by atoms with Gasteiger partial charge in [-0.3, -0.25) is 4.99 Å². The highest BCUT2D eigenvalue weighted by molar-refractivity contribution is 6.01. The molecule has 1 aromatic heterocycles. The van der Waals surface area contributed by atoms with Crippen molar-refractivity contribution in [3.05, 3.63) is 35.5 Å². The normalized spacial score (nSPS) is 14.0. The second kappa shape index (κ2) is 1.97. The Bertz CT molecular complexity index is 466. The highest BCUT2D eigenvalue weighted by atomic mass is 14.8. The van der Waals surface area contributed by atoms with Crippen molar-refractivity contribution in [3.63, 3.8) is 0 Å². The Kier molecular flexibility index (Phi) is 0.987. The largest absolute Gasteiger partial charge is 0.361 e. The summed E-state index contributed by atoms with van der Waals surface area (Å²) in [5.74, 6) is 0. The van der Waals surface area contributed by atoms with Crippen LogP contribution in [0.15, 0.2) is 29.4 Å². The summed E-state index contributed by atoms with van der Waals surface area (Å²) in [5, 5.41) is 1.34. The van der Waals surface area contributed by atoms with Crippen LogP contribution < -0.4 is 0 Å². The standard InChI is InChI=1S/C10H8N2/c1-2-7-4-11-5-8-6-12-9(3-1)10(7)8/h1-4,6,12H,5H2. The third-order valence-electron chi connectivity index (χ3n) is 2.31. The molecule has 0 aliphatic carbocycles. The zero-order valence-corrected chi connectivity index (χ0v) is 6.54. The van der Waals surface area contributed by atoms with E-state index in [9.17, 15) is 0 Å². The second-order valence-corrected chi connectivity index (χ2v) is 3.05. The van der Waals surface area contributed by atoms with E-state index < -0.39 is 0 Å². The van der Waals surface area contributed by atoms with E-state index in [4.69, 9.17) is 0 Å². The molecule has 0 fully saturated rings. The average molecular weight is 156 g/mol. The monoisotopic (exact) mass is 156 g/mol. The minimum absolute atomic E-state index is 0.816. The first-order valence-corrected chi connectivity index (χ1v) is 4.04. The van der Waals surface area contributed by atoms with Gasteiger partial charge in [0.25, 0.3) is 0 Å². The summed E-state index contributed by atoms with van der Waals surface area (Å²) in [5.41, 5.74) is 3.76. The third-order valence-corrected chi connectivity index (χ3v) is 2.31. The lowest BCUT2D eigenvalue weighted by Crippen LogP contribution is -1.92. The second-order valence-electron chi connectivity index (χ2n) is 3.05. The maximum Gasteiger partial charge on any atom is 0.0661 e. The lowest BCUT2D eigenvalue weighted by molar-refractivity contribution is 1.08. The molecule has 2 heterocycles. The van der Waals surface area contributed by atoms with Gasteiger partial charge in [0, 0.05) is 28.9 Å². The summed E-state index contributed by atoms with van der Waals surface area (Å²) in [4.78, 5) is 7.51. The first-order chi connectivity index (χ1) is 5.95. The van der Waals surface area contributed by atoms with Crippen molar-refractivity contribution in [2.24, 2.45) is 4.99 Å². The van der Waals surface area contributed by atoms with Gasteiger partial charge in [-0.15, -0.1) is 0 Å². The molecular weight excluding hydrogens is 148 g/mol. The predicted molar refractivity (Wildman–Crippen MR) is 49.6 cm³/mol. The van der Waals surface area contributed by atoms with E-state index in [2.05, 4.69) is 28.2 Å². The lowest BCUT2D eigenvalue weighted by Gasteiger charge is -2.04. The van der Waals surface area contributed by atoms with Crippen molar-refractivity contribution in [1.82, 2.24) is 4.98 Å². The fourth-order valence-corrected chi connectivity index (χ4v) is 1.76. The molecule has 2 heteroatoms. The van der Waals surface area contributed by atoms with Crippen LogP contribution in [-0.4, -0.2) is 11.2 Å². The zero-order valence-electron chi connectivity index (χ0n) is 6.54. The molecule has 3 rings (SSSR count). The molecule has 58 valence electrons. The number of aliphatic imine (C=N–C) groups is 1. The van der Waals surface area contributed by atoms with Crippen LogP contribution in [0.1, 0.15) is 11.1 Å². The van der Waals surface area contributed by atoms with Crippen molar-refractivity contribution < 1.29 is 0 Å². The van der Waals surface area contributed by atoms with Gasteiger partial charge in [0.15, 0.2) is 0 Å². The van der Waals surface area contributed by atoms with Crippen LogP contribution >= 0.6 is 0 Å². The minimum Gasteiger partial charge on any atom is -0.361 e. The number of H-pyrrole nitrogens is 1. The first kappa shape index (κ1) is 6.00. The van der Waals surface area contributed by atoms with Gasteiger partial charge in [0.1, 0.15) is 0 Å². The molecule has 1 aromatic carbocycles. The van der Waals surface area contributed by atoms with Crippen LogP contribution in [-0.2, 0) is 6.54 Å². The third kappa shape index (κ3) is 0.619. The van der Waals surface area contributed by atoms with Gasteiger partial charge < -0.3 is 4.98 Å². The molecule has 0 amide bonds. The molecular formula is C10H8N2. The smallest absolute Gasteiger partial charge is 0.0661 e. The lowest BCUT2D eigenvalue weighted by atomic mass is 10.1. The van der Waals surface area contributed by atoms with E-state index >= 15 is 0 Å². The van der Waals surface area contributed by atoms with Crippen molar-refractivity contribution in [3.8, 4) is 0 Å². The number of nitrogens with one attached hydrogen (secondary N) is 1. The van der Waals surface area contributed by atoms with Gasteiger partial charge in [-0.2, -0.15) is 0 Å². The summed E-state index contributed by atoms with van der Waals surface area (Å²) in [6.07, 6.45) is 3.99. The Morgan fingerprint density at radius 2 is 2.33 bits per heavy atom. The molecule has 1 aliphatic heterocycles. The fraction of sp³-hybridized carbons (Fsp3) is 0.100. The van der Waals surface area contributed by atoms with Crippen molar-refractivity contribution in [2.45, 2.75) is 6.54 Å². The minimum atomic E-state index is 0.816. The van der Waals surface area contributed by atoms with E-state index in [0.29, 0.717) is 0 Å². The van der Waals surface area contributed by atoms with Gasteiger partial charge in [-0.05, 0) is 11.6 Å². The van der Waals surface area contributed by atoms with Crippen LogP contribution in [0.5, 0.6) is 0 Å². The first-order valence-electron chi connectivity index (χ1n) is 4.04. The Balaban J connectivity index is 2.57. The SMILES string of the molecule is C1=NCc2c[nH]c3cccc1c23. The molecule has 0 saturated heterocycles. The van der Waals surface area contributed by atoms with Crippen LogP contribution in [0.25, 0.3) is 10.9 Å². The number of hydrogen-bond acceptors (Lipinski definition) is 1. The Labute approximate surface area is 69.9 Å². The van der Waals surface area contributed by atoms with Crippen molar-refractivity contribution in [2.75, 3.05) is 0 Å². The zero-order chi connectivity index (χ0) is 7.97. The summed E-state index contributed by atoms with van der Waals surface area (Å²) >= 11 is 0. The van der Waals surface area contributed by atoms with Gasteiger partial charge in [-0.25, -0.2) is 0 Å². The average Bonchev–Trinajstić information content (AvgIpc) is 2.52. The molecule has 0 saturated carbocycles. The number of aromatic nitrogens is 1. The predicted octanol–water partition coefficient (Wildman–Crippen LogP) is 2.10. The Morgan fingerprint density at radius 3 is 3.33 bits per heavy atom. The topological polar surface area (TPSA) is 28.1 Å². The number of hydrogen-bond donors (Lipinski definition) is 1. The van der Waals surface area contributed by atoms with E-state index in [1.54, 1.807) is 0 Å². The quantitative estimate of drug-likeness (QED) is 0.605. The molecule has 1 N–H and O–H groups in total. The van der Waals surface area contributed by atoms with Gasteiger partial charge in [0.2, 0.25) is 0 Å². The molecule has 2 aromatic rings. The highest BCUT2D eigenvalue weighted by Crippen LogP contribution is 2.24. The maximum atomic E-state index is 4.27. The van der Waals surface area contributed by atoms with E-state index in [-0.39, 0.29) is 0 Å². The van der Waals surface area contributed by atoms with E-state index in [0.717, 1.165) is 6.54 Å². The molecule has 0 unspecified atom stereocenters. The number of rotatable bonds is 0. The summed E-state index contributed by atoms with van der Waals surface area (Å²) in [6.45, 7) is 0.816. The van der Waals surface area contributed by atoms with E-state index in [1.807, 2.05) is 12.4 Å². The van der Waals surface area contributed by atoms with Crippen molar-refractivity contribution >= 4 is 17.1 Å². The Morgan fingerprint density at radius 1 is 1.33 bits per heavy atom. The molecule has 1 aliphatic rings. The number of benzene rings is 1. The van der Waals surface area contributed by atoms with Crippen LogP contribution in [0.3, 0.4) is 0 Å². The van der Waals surface area contributed by atoms with E-state index in [1.165, 1.54) is 22.0 Å². The number of aromatic amines is 1.